The van der Waals surface area contributed by atoms with Gasteiger partial charge in [0.05, 0.1) is 6.20 Å². The molecule has 10 heteroatoms. The summed E-state index contributed by atoms with van der Waals surface area (Å²) in [5, 5.41) is 0. The summed E-state index contributed by atoms with van der Waals surface area (Å²) in [6.45, 7) is 3.05. The number of aromatic nitrogens is 1. The monoisotopic (exact) mass is 477 g/mol. The van der Waals surface area contributed by atoms with Gasteiger partial charge >= 0.3 is 6.36 Å². The Bertz CT molecular complexity index is 1090. The molecular formula is C24H23F4N3O3. The fourth-order valence-corrected chi connectivity index (χ4v) is 3.76. The number of nitrogens with zero attached hydrogens (tertiary/aromatic N) is 3. The second kappa shape index (κ2) is 10.3. The summed E-state index contributed by atoms with van der Waals surface area (Å²) < 4.78 is 59.4. The van der Waals surface area contributed by atoms with Gasteiger partial charge in [0.15, 0.2) is 11.7 Å². The number of alkyl halides is 3. The highest BCUT2D eigenvalue weighted by atomic mass is 19.4. The van der Waals surface area contributed by atoms with Crippen molar-refractivity contribution < 1.29 is 31.5 Å². The molecule has 3 aromatic rings. The third-order valence-electron chi connectivity index (χ3n) is 5.52. The number of halogens is 4. The van der Waals surface area contributed by atoms with Crippen molar-refractivity contribution in [1.29, 1.82) is 0 Å². The highest BCUT2D eigenvalue weighted by Crippen LogP contribution is 2.24. The lowest BCUT2D eigenvalue weighted by Crippen LogP contribution is -2.48. The Labute approximate surface area is 193 Å². The lowest BCUT2D eigenvalue weighted by atomic mass is 10.2. The van der Waals surface area contributed by atoms with Crippen LogP contribution in [-0.2, 0) is 17.8 Å². The van der Waals surface area contributed by atoms with Crippen molar-refractivity contribution in [3.05, 3.63) is 72.0 Å². The molecule has 4 rings (SSSR count). The molecule has 0 bridgehead atoms. The average molecular weight is 477 g/mol. The normalized spacial score (nSPS) is 14.9. The summed E-state index contributed by atoms with van der Waals surface area (Å²) in [4.78, 5) is 20.7. The number of carbonyl (C=O) groups is 1. The van der Waals surface area contributed by atoms with Crippen LogP contribution in [-0.4, -0.2) is 53.2 Å². The van der Waals surface area contributed by atoms with Crippen LogP contribution >= 0.6 is 0 Å². The van der Waals surface area contributed by atoms with Crippen molar-refractivity contribution in [2.45, 2.75) is 25.7 Å². The third-order valence-corrected chi connectivity index (χ3v) is 5.52. The second-order valence-electron chi connectivity index (χ2n) is 7.97. The number of hydrogen-bond donors (Lipinski definition) is 0. The van der Waals surface area contributed by atoms with Gasteiger partial charge in [0, 0.05) is 51.1 Å². The SMILES string of the molecule is O=C(CCc1ncc(-c2ccc(F)cc2)o1)N1CCN(Cc2ccc(OC(F)(F)F)cc2)CC1. The number of piperazine rings is 1. The summed E-state index contributed by atoms with van der Waals surface area (Å²) in [6, 6.07) is 11.7. The van der Waals surface area contributed by atoms with E-state index < -0.39 is 6.36 Å². The zero-order valence-corrected chi connectivity index (χ0v) is 18.2. The van der Waals surface area contributed by atoms with Gasteiger partial charge in [-0.15, -0.1) is 13.2 Å². The van der Waals surface area contributed by atoms with Crippen molar-refractivity contribution in [3.63, 3.8) is 0 Å². The molecule has 0 radical (unpaired) electrons. The van der Waals surface area contributed by atoms with Crippen molar-refractivity contribution in [2.75, 3.05) is 26.2 Å². The summed E-state index contributed by atoms with van der Waals surface area (Å²) >= 11 is 0. The van der Waals surface area contributed by atoms with Crippen LogP contribution in [0.2, 0.25) is 0 Å². The molecular weight excluding hydrogens is 454 g/mol. The first-order valence-corrected chi connectivity index (χ1v) is 10.8. The molecule has 1 aliphatic heterocycles. The number of benzene rings is 2. The van der Waals surface area contributed by atoms with E-state index in [0.29, 0.717) is 56.4 Å². The number of carbonyl (C=O) groups excluding carboxylic acids is 1. The second-order valence-corrected chi connectivity index (χ2v) is 7.97. The maximum atomic E-state index is 13.1. The summed E-state index contributed by atoms with van der Waals surface area (Å²) in [5.74, 6) is 0.401. The smallest absolute Gasteiger partial charge is 0.441 e. The number of aryl methyl sites for hydroxylation is 1. The lowest BCUT2D eigenvalue weighted by Gasteiger charge is -2.34. The van der Waals surface area contributed by atoms with Crippen LogP contribution in [0.4, 0.5) is 17.6 Å². The summed E-state index contributed by atoms with van der Waals surface area (Å²) in [7, 11) is 0. The van der Waals surface area contributed by atoms with Crippen LogP contribution < -0.4 is 4.74 Å². The van der Waals surface area contributed by atoms with Crippen molar-refractivity contribution in [2.24, 2.45) is 0 Å². The van der Waals surface area contributed by atoms with Gasteiger partial charge in [-0.2, -0.15) is 0 Å². The van der Waals surface area contributed by atoms with Crippen LogP contribution in [0.5, 0.6) is 5.75 Å². The molecule has 2 heterocycles. The van der Waals surface area contributed by atoms with E-state index in [4.69, 9.17) is 4.42 Å². The Morgan fingerprint density at radius 1 is 1.00 bits per heavy atom. The number of amides is 1. The highest BCUT2D eigenvalue weighted by Gasteiger charge is 2.31. The van der Waals surface area contributed by atoms with E-state index in [2.05, 4.69) is 14.6 Å². The molecule has 0 unspecified atom stereocenters. The summed E-state index contributed by atoms with van der Waals surface area (Å²) in [6.07, 6.45) is -2.51. The Kier molecular flexibility index (Phi) is 7.16. The zero-order chi connectivity index (χ0) is 24.1. The topological polar surface area (TPSA) is 58.8 Å². The van der Waals surface area contributed by atoms with Crippen molar-refractivity contribution in [1.82, 2.24) is 14.8 Å². The molecule has 2 aromatic carbocycles. The number of ether oxygens (including phenoxy) is 1. The molecule has 1 aromatic heterocycles. The predicted molar refractivity (Wildman–Crippen MR) is 115 cm³/mol. The fourth-order valence-electron chi connectivity index (χ4n) is 3.76. The van der Waals surface area contributed by atoms with Crippen molar-refractivity contribution >= 4 is 5.91 Å². The Morgan fingerprint density at radius 3 is 2.32 bits per heavy atom. The van der Waals surface area contributed by atoms with Crippen LogP contribution in [0.25, 0.3) is 11.3 Å². The zero-order valence-electron chi connectivity index (χ0n) is 18.2. The maximum Gasteiger partial charge on any atom is 0.573 e. The molecule has 0 atom stereocenters. The minimum atomic E-state index is -4.71. The molecule has 1 amide bonds. The van der Waals surface area contributed by atoms with E-state index in [9.17, 15) is 22.4 Å². The Morgan fingerprint density at radius 2 is 1.68 bits per heavy atom. The van der Waals surface area contributed by atoms with E-state index in [-0.39, 0.29) is 23.9 Å². The number of rotatable bonds is 7. The van der Waals surface area contributed by atoms with Crippen LogP contribution in [0.3, 0.4) is 0 Å². The maximum absolute atomic E-state index is 13.1. The molecule has 34 heavy (non-hydrogen) atoms. The number of hydrogen-bond acceptors (Lipinski definition) is 5. The summed E-state index contributed by atoms with van der Waals surface area (Å²) in [5.41, 5.74) is 1.58. The lowest BCUT2D eigenvalue weighted by molar-refractivity contribution is -0.274. The van der Waals surface area contributed by atoms with E-state index in [1.54, 1.807) is 35.4 Å². The van der Waals surface area contributed by atoms with Gasteiger partial charge in [-0.25, -0.2) is 9.37 Å². The largest absolute Gasteiger partial charge is 0.573 e. The Hall–Kier alpha value is -3.40. The van der Waals surface area contributed by atoms with Gasteiger partial charge in [0.2, 0.25) is 5.91 Å². The molecule has 0 spiro atoms. The molecule has 180 valence electrons. The van der Waals surface area contributed by atoms with Gasteiger partial charge in [-0.3, -0.25) is 9.69 Å². The van der Waals surface area contributed by atoms with Crippen molar-refractivity contribution in [3.8, 4) is 17.1 Å². The van der Waals surface area contributed by atoms with Gasteiger partial charge < -0.3 is 14.1 Å². The number of oxazole rings is 1. The first-order valence-electron chi connectivity index (χ1n) is 10.8. The first kappa shape index (κ1) is 23.7. The Balaban J connectivity index is 1.21. The standard InChI is InChI=1S/C24H23F4N3O3/c25-19-5-3-18(4-6-19)21-15-29-22(33-21)9-10-23(32)31-13-11-30(12-14-31)16-17-1-7-20(8-2-17)34-24(26,27)28/h1-8,15H,9-14,16H2. The quantitative estimate of drug-likeness (QED) is 0.464. The van der Waals surface area contributed by atoms with Crippen LogP contribution in [0.15, 0.2) is 59.1 Å². The third kappa shape index (κ3) is 6.57. The first-order chi connectivity index (χ1) is 16.2. The van der Waals surface area contributed by atoms with Crippen LogP contribution in [0, 0.1) is 5.82 Å². The van der Waals surface area contributed by atoms with Gasteiger partial charge in [0.25, 0.3) is 0 Å². The van der Waals surface area contributed by atoms with Gasteiger partial charge in [0.1, 0.15) is 11.6 Å². The minimum absolute atomic E-state index is 0.00911. The molecule has 1 fully saturated rings. The van der Waals surface area contributed by atoms with Crippen LogP contribution in [0.1, 0.15) is 17.9 Å². The van der Waals surface area contributed by atoms with E-state index in [1.165, 1.54) is 24.3 Å². The minimum Gasteiger partial charge on any atom is -0.441 e. The molecule has 1 saturated heterocycles. The molecule has 6 nitrogen and oxygen atoms in total. The fraction of sp³-hybridized carbons (Fsp3) is 0.333. The van der Waals surface area contributed by atoms with E-state index in [1.807, 2.05) is 0 Å². The molecule has 0 N–H and O–H groups in total. The predicted octanol–water partition coefficient (Wildman–Crippen LogP) is 4.66. The molecule has 1 aliphatic rings. The van der Waals surface area contributed by atoms with Gasteiger partial charge in [-0.1, -0.05) is 12.1 Å². The van der Waals surface area contributed by atoms with E-state index >= 15 is 0 Å². The molecule has 0 aliphatic carbocycles. The molecule has 0 saturated carbocycles. The average Bonchev–Trinajstić information content (AvgIpc) is 3.28. The van der Waals surface area contributed by atoms with Gasteiger partial charge in [-0.05, 0) is 42.0 Å². The highest BCUT2D eigenvalue weighted by molar-refractivity contribution is 5.76. The van der Waals surface area contributed by atoms with E-state index in [0.717, 1.165) is 5.56 Å².